The van der Waals surface area contributed by atoms with Crippen molar-refractivity contribution in [2.24, 2.45) is 5.73 Å². The fourth-order valence-corrected chi connectivity index (χ4v) is 3.67. The normalized spacial score (nSPS) is 15.7. The van der Waals surface area contributed by atoms with E-state index in [0.29, 0.717) is 22.8 Å². The fourth-order valence-electron chi connectivity index (χ4n) is 3.67. The molecule has 0 unspecified atom stereocenters. The van der Waals surface area contributed by atoms with Gasteiger partial charge in [-0.2, -0.15) is 5.10 Å². The molecule has 154 valence electrons. The van der Waals surface area contributed by atoms with Crippen molar-refractivity contribution in [3.63, 3.8) is 0 Å². The van der Waals surface area contributed by atoms with Crippen molar-refractivity contribution in [2.75, 3.05) is 5.73 Å². The third-order valence-corrected chi connectivity index (χ3v) is 5.44. The number of nitrogens with zero attached hydrogens (tertiary/aromatic N) is 2. The van der Waals surface area contributed by atoms with Crippen LogP contribution in [0.15, 0.2) is 42.5 Å². The van der Waals surface area contributed by atoms with Crippen LogP contribution in [0.4, 0.5) is 14.5 Å². The van der Waals surface area contributed by atoms with E-state index in [0.717, 1.165) is 25.7 Å². The average Bonchev–Trinajstić information content (AvgIpc) is 3.40. The molecule has 1 fully saturated rings. The minimum Gasteiger partial charge on any atom is -0.396 e. The predicted molar refractivity (Wildman–Crippen MR) is 113 cm³/mol. The Morgan fingerprint density at radius 2 is 1.83 bits per heavy atom. The van der Waals surface area contributed by atoms with Crippen LogP contribution in [0.5, 0.6) is 0 Å². The first kappa shape index (κ1) is 19.9. The molecule has 0 atom stereocenters. The zero-order valence-electron chi connectivity index (χ0n) is 16.3. The maximum absolute atomic E-state index is 14.5. The SMILES string of the molecule is N=C(/C=C/c1ccc(F)cc1)c1cc(-c2n[nH]c(C3(N)CCCC3)n2)cc(F)c1N. The molecule has 0 spiro atoms. The minimum absolute atomic E-state index is 0.0134. The van der Waals surface area contributed by atoms with E-state index in [9.17, 15) is 8.78 Å². The van der Waals surface area contributed by atoms with Crippen LogP contribution in [0.2, 0.25) is 0 Å². The van der Waals surface area contributed by atoms with E-state index < -0.39 is 11.4 Å². The van der Waals surface area contributed by atoms with Crippen LogP contribution in [0.1, 0.15) is 42.6 Å². The predicted octanol–water partition coefficient (Wildman–Crippen LogP) is 4.14. The van der Waals surface area contributed by atoms with Gasteiger partial charge in [-0.05, 0) is 48.7 Å². The summed E-state index contributed by atoms with van der Waals surface area (Å²) in [4.78, 5) is 4.48. The van der Waals surface area contributed by atoms with Crippen LogP contribution in [-0.2, 0) is 5.54 Å². The number of hydrogen-bond acceptors (Lipinski definition) is 5. The summed E-state index contributed by atoms with van der Waals surface area (Å²) in [5.41, 5.74) is 13.0. The zero-order chi connectivity index (χ0) is 21.3. The topological polar surface area (TPSA) is 117 Å². The molecule has 0 saturated heterocycles. The first-order chi connectivity index (χ1) is 14.4. The highest BCUT2D eigenvalue weighted by atomic mass is 19.1. The summed E-state index contributed by atoms with van der Waals surface area (Å²) >= 11 is 0. The Morgan fingerprint density at radius 1 is 1.13 bits per heavy atom. The second kappa shape index (κ2) is 7.79. The highest BCUT2D eigenvalue weighted by molar-refractivity contribution is 6.12. The Labute approximate surface area is 172 Å². The van der Waals surface area contributed by atoms with Crippen LogP contribution in [-0.4, -0.2) is 20.9 Å². The van der Waals surface area contributed by atoms with Crippen molar-refractivity contribution in [2.45, 2.75) is 31.2 Å². The van der Waals surface area contributed by atoms with Gasteiger partial charge in [0.25, 0.3) is 0 Å². The van der Waals surface area contributed by atoms with Gasteiger partial charge in [0.05, 0.1) is 16.9 Å². The Morgan fingerprint density at radius 3 is 2.53 bits per heavy atom. The molecule has 1 aromatic heterocycles. The van der Waals surface area contributed by atoms with Gasteiger partial charge in [0.15, 0.2) is 5.82 Å². The van der Waals surface area contributed by atoms with Crippen LogP contribution in [0.25, 0.3) is 17.5 Å². The van der Waals surface area contributed by atoms with Gasteiger partial charge in [0.1, 0.15) is 17.5 Å². The van der Waals surface area contributed by atoms with Crippen LogP contribution < -0.4 is 11.5 Å². The van der Waals surface area contributed by atoms with E-state index in [1.165, 1.54) is 24.3 Å². The van der Waals surface area contributed by atoms with Gasteiger partial charge >= 0.3 is 0 Å². The number of nitrogens with one attached hydrogen (secondary N) is 2. The lowest BCUT2D eigenvalue weighted by Crippen LogP contribution is -2.34. The number of aromatic nitrogens is 3. The molecule has 8 heteroatoms. The lowest BCUT2D eigenvalue weighted by molar-refractivity contribution is 0.433. The van der Waals surface area contributed by atoms with Gasteiger partial charge < -0.3 is 16.9 Å². The number of nitrogens with two attached hydrogens (primary N) is 2. The quantitative estimate of drug-likeness (QED) is 0.375. The first-order valence-electron chi connectivity index (χ1n) is 9.69. The molecule has 3 aromatic rings. The summed E-state index contributed by atoms with van der Waals surface area (Å²) in [5, 5.41) is 15.4. The van der Waals surface area contributed by atoms with Crippen molar-refractivity contribution in [3.05, 3.63) is 71.1 Å². The molecule has 30 heavy (non-hydrogen) atoms. The number of aromatic amines is 1. The Balaban J connectivity index is 1.63. The Kier molecular flexibility index (Phi) is 5.17. The minimum atomic E-state index is -0.655. The standard InChI is InChI=1S/C22H22F2N6/c23-15-6-3-13(4-7-15)5-8-18(25)16-11-14(12-17(24)19(16)26)20-28-21(30-29-20)22(27)9-1-2-10-22/h3-8,11-12,25H,1-2,9-10,26-27H2,(H,28,29,30)/b8-5+,25-18?. The molecule has 1 aliphatic carbocycles. The average molecular weight is 408 g/mol. The molecule has 2 aromatic carbocycles. The monoisotopic (exact) mass is 408 g/mol. The summed E-state index contributed by atoms with van der Waals surface area (Å²) in [6.07, 6.45) is 6.83. The number of rotatable bonds is 5. The van der Waals surface area contributed by atoms with E-state index in [1.54, 1.807) is 24.3 Å². The fraction of sp³-hybridized carbons (Fsp3) is 0.227. The number of anilines is 1. The molecule has 0 bridgehead atoms. The molecule has 1 heterocycles. The molecule has 0 aliphatic heterocycles. The zero-order valence-corrected chi connectivity index (χ0v) is 16.3. The smallest absolute Gasteiger partial charge is 0.181 e. The van der Waals surface area contributed by atoms with E-state index in [-0.39, 0.29) is 22.8 Å². The second-order valence-electron chi connectivity index (χ2n) is 7.59. The van der Waals surface area contributed by atoms with Gasteiger partial charge in [0, 0.05) is 11.1 Å². The number of hydrogen-bond donors (Lipinski definition) is 4. The summed E-state index contributed by atoms with van der Waals surface area (Å²) in [5.74, 6) is -0.113. The lowest BCUT2D eigenvalue weighted by atomic mass is 9.98. The maximum Gasteiger partial charge on any atom is 0.181 e. The van der Waals surface area contributed by atoms with E-state index >= 15 is 0 Å². The summed E-state index contributed by atoms with van der Waals surface area (Å²) < 4.78 is 27.5. The third kappa shape index (κ3) is 3.86. The van der Waals surface area contributed by atoms with Crippen LogP contribution in [0, 0.1) is 17.0 Å². The highest BCUT2D eigenvalue weighted by Crippen LogP contribution is 2.35. The first-order valence-corrected chi connectivity index (χ1v) is 9.69. The number of halogens is 2. The van der Waals surface area contributed by atoms with E-state index in [1.807, 2.05) is 0 Å². The molecule has 1 aliphatic rings. The van der Waals surface area contributed by atoms with Gasteiger partial charge in [0.2, 0.25) is 0 Å². The largest absolute Gasteiger partial charge is 0.396 e. The van der Waals surface area contributed by atoms with Gasteiger partial charge in [-0.15, -0.1) is 0 Å². The molecular weight excluding hydrogens is 386 g/mol. The number of H-pyrrole nitrogens is 1. The molecule has 6 N–H and O–H groups in total. The second-order valence-corrected chi connectivity index (χ2v) is 7.59. The summed E-state index contributed by atoms with van der Waals surface area (Å²) in [7, 11) is 0. The molecule has 0 radical (unpaired) electrons. The Hall–Kier alpha value is -3.39. The van der Waals surface area contributed by atoms with Gasteiger partial charge in [-0.3, -0.25) is 5.10 Å². The number of nitrogen functional groups attached to an aromatic ring is 1. The Bertz CT molecular complexity index is 1110. The van der Waals surface area contributed by atoms with E-state index in [4.69, 9.17) is 16.9 Å². The number of allylic oxidation sites excluding steroid dienone is 1. The maximum atomic E-state index is 14.5. The van der Waals surface area contributed by atoms with Gasteiger partial charge in [-0.1, -0.05) is 31.1 Å². The lowest BCUT2D eigenvalue weighted by Gasteiger charge is -2.19. The van der Waals surface area contributed by atoms with Crippen molar-refractivity contribution in [1.29, 1.82) is 5.41 Å². The van der Waals surface area contributed by atoms with E-state index in [2.05, 4.69) is 15.2 Å². The van der Waals surface area contributed by atoms with Crippen LogP contribution in [0.3, 0.4) is 0 Å². The molecule has 6 nitrogen and oxygen atoms in total. The van der Waals surface area contributed by atoms with Crippen LogP contribution >= 0.6 is 0 Å². The van der Waals surface area contributed by atoms with Crippen molar-refractivity contribution in [3.8, 4) is 11.4 Å². The van der Waals surface area contributed by atoms with Crippen molar-refractivity contribution < 1.29 is 8.78 Å². The number of benzene rings is 2. The van der Waals surface area contributed by atoms with Crippen molar-refractivity contribution in [1.82, 2.24) is 15.2 Å². The van der Waals surface area contributed by atoms with Gasteiger partial charge in [-0.25, -0.2) is 13.8 Å². The molecule has 1 saturated carbocycles. The molecular formula is C22H22F2N6. The molecule has 0 amide bonds. The molecule has 4 rings (SSSR count). The summed E-state index contributed by atoms with van der Waals surface area (Å²) in [6.45, 7) is 0. The van der Waals surface area contributed by atoms with Crippen molar-refractivity contribution >= 4 is 17.5 Å². The summed E-state index contributed by atoms with van der Waals surface area (Å²) in [6, 6.07) is 8.66. The third-order valence-electron chi connectivity index (χ3n) is 5.44. The highest BCUT2D eigenvalue weighted by Gasteiger charge is 2.34.